The quantitative estimate of drug-likeness (QED) is 0.811. The number of alkyl halides is 3. The predicted octanol–water partition coefficient (Wildman–Crippen LogP) is 1.70. The molecule has 0 bridgehead atoms. The summed E-state index contributed by atoms with van der Waals surface area (Å²) in [6.07, 6.45) is -4.45. The molecule has 1 aromatic carbocycles. The van der Waals surface area contributed by atoms with Crippen molar-refractivity contribution >= 4 is 28.3 Å². The molecule has 1 aliphatic heterocycles. The maximum Gasteiger partial charge on any atom is 0.416 e. The highest BCUT2D eigenvalue weighted by Crippen LogP contribution is 2.31. The summed E-state index contributed by atoms with van der Waals surface area (Å²) in [4.78, 5) is 13.1. The van der Waals surface area contributed by atoms with Crippen molar-refractivity contribution in [1.82, 2.24) is 9.21 Å². The number of carbonyl (C=O) groups excluding carboxylic acids is 1. The molecule has 0 aromatic heterocycles. The van der Waals surface area contributed by atoms with Gasteiger partial charge in [-0.15, -0.1) is 12.4 Å². The minimum atomic E-state index is -4.62. The first-order valence-corrected chi connectivity index (χ1v) is 9.16. The van der Waals surface area contributed by atoms with Crippen LogP contribution in [0.3, 0.4) is 0 Å². The number of piperazine rings is 1. The number of nitrogens with two attached hydrogens (primary N) is 1. The van der Waals surface area contributed by atoms with Gasteiger partial charge in [-0.05, 0) is 25.1 Å². The van der Waals surface area contributed by atoms with Crippen LogP contribution in [0.15, 0.2) is 29.2 Å². The van der Waals surface area contributed by atoms with Gasteiger partial charge in [-0.3, -0.25) is 4.79 Å². The Morgan fingerprint density at radius 3 is 2.31 bits per heavy atom. The van der Waals surface area contributed by atoms with Crippen molar-refractivity contribution in [2.75, 3.05) is 26.2 Å². The van der Waals surface area contributed by atoms with E-state index in [2.05, 4.69) is 0 Å². The van der Waals surface area contributed by atoms with Crippen molar-refractivity contribution in [3.8, 4) is 0 Å². The number of amides is 1. The van der Waals surface area contributed by atoms with Crippen molar-refractivity contribution < 1.29 is 26.4 Å². The second-order valence-corrected chi connectivity index (χ2v) is 7.93. The second kappa shape index (κ2) is 8.55. The van der Waals surface area contributed by atoms with E-state index in [4.69, 9.17) is 5.73 Å². The standard InChI is InChI=1S/C15H20F3N3O3S.ClH/c1-11(19)9-14(22)20-5-7-21(8-6-20)25(23,24)13-4-2-3-12(10-13)15(16,17)18;/h2-4,10-11H,5-9,19H2,1H3;1H. The molecule has 148 valence electrons. The van der Waals surface area contributed by atoms with Gasteiger partial charge in [0.05, 0.1) is 10.5 Å². The van der Waals surface area contributed by atoms with Crippen LogP contribution >= 0.6 is 12.4 Å². The Labute approximate surface area is 156 Å². The molecule has 1 aliphatic rings. The lowest BCUT2D eigenvalue weighted by molar-refractivity contribution is -0.137. The fourth-order valence-corrected chi connectivity index (χ4v) is 4.03. The van der Waals surface area contributed by atoms with E-state index in [1.54, 1.807) is 6.92 Å². The van der Waals surface area contributed by atoms with E-state index < -0.39 is 26.7 Å². The summed E-state index contributed by atoms with van der Waals surface area (Å²) in [7, 11) is -4.05. The highest BCUT2D eigenvalue weighted by Gasteiger charge is 2.34. The van der Waals surface area contributed by atoms with Crippen LogP contribution in [0.5, 0.6) is 0 Å². The van der Waals surface area contributed by atoms with Gasteiger partial charge in [0.2, 0.25) is 15.9 Å². The van der Waals surface area contributed by atoms with Crippen LogP contribution in [-0.2, 0) is 21.0 Å². The molecule has 0 spiro atoms. The second-order valence-electron chi connectivity index (χ2n) is 5.99. The summed E-state index contributed by atoms with van der Waals surface area (Å²) < 4.78 is 64.5. The zero-order valence-corrected chi connectivity index (χ0v) is 15.7. The first-order chi connectivity index (χ1) is 11.5. The number of rotatable bonds is 4. The van der Waals surface area contributed by atoms with Gasteiger partial charge in [-0.25, -0.2) is 8.42 Å². The Morgan fingerprint density at radius 1 is 1.23 bits per heavy atom. The summed E-state index contributed by atoms with van der Waals surface area (Å²) in [5.41, 5.74) is 4.56. The fourth-order valence-electron chi connectivity index (χ4n) is 2.56. The molecule has 26 heavy (non-hydrogen) atoms. The van der Waals surface area contributed by atoms with E-state index in [0.29, 0.717) is 6.07 Å². The number of carbonyl (C=O) groups is 1. The number of halogens is 4. The van der Waals surface area contributed by atoms with Gasteiger partial charge in [0, 0.05) is 38.6 Å². The Kier molecular flexibility index (Phi) is 7.46. The van der Waals surface area contributed by atoms with E-state index in [-0.39, 0.29) is 57.0 Å². The van der Waals surface area contributed by atoms with Crippen LogP contribution in [0.25, 0.3) is 0 Å². The molecule has 0 saturated carbocycles. The third-order valence-electron chi connectivity index (χ3n) is 3.89. The molecular weight excluding hydrogens is 395 g/mol. The maximum absolute atomic E-state index is 12.8. The van der Waals surface area contributed by atoms with Gasteiger partial charge in [0.1, 0.15) is 0 Å². The lowest BCUT2D eigenvalue weighted by atomic mass is 10.2. The zero-order valence-electron chi connectivity index (χ0n) is 14.1. The molecule has 1 fully saturated rings. The van der Waals surface area contributed by atoms with Gasteiger partial charge >= 0.3 is 6.18 Å². The summed E-state index contributed by atoms with van der Waals surface area (Å²) in [6.45, 7) is 2.13. The molecule has 6 nitrogen and oxygen atoms in total. The van der Waals surface area contributed by atoms with Crippen molar-refractivity contribution in [2.45, 2.75) is 30.5 Å². The van der Waals surface area contributed by atoms with Gasteiger partial charge in [0.15, 0.2) is 0 Å². The van der Waals surface area contributed by atoms with Crippen molar-refractivity contribution in [3.63, 3.8) is 0 Å². The Balaban J connectivity index is 0.00000338. The first kappa shape index (κ1) is 22.7. The van der Waals surface area contributed by atoms with Crippen molar-refractivity contribution in [2.24, 2.45) is 5.73 Å². The number of hydrogen-bond acceptors (Lipinski definition) is 4. The smallest absolute Gasteiger partial charge is 0.340 e. The summed E-state index contributed by atoms with van der Waals surface area (Å²) in [6, 6.07) is 3.36. The molecule has 1 heterocycles. The topological polar surface area (TPSA) is 83.7 Å². The highest BCUT2D eigenvalue weighted by atomic mass is 35.5. The van der Waals surface area contributed by atoms with Crippen molar-refractivity contribution in [3.05, 3.63) is 29.8 Å². The number of sulfonamides is 1. The molecular formula is C15H21ClF3N3O3S. The molecule has 1 amide bonds. The number of hydrogen-bond donors (Lipinski definition) is 1. The fraction of sp³-hybridized carbons (Fsp3) is 0.533. The van der Waals surface area contributed by atoms with Crippen LogP contribution < -0.4 is 5.73 Å². The summed E-state index contributed by atoms with van der Waals surface area (Å²) >= 11 is 0. The molecule has 1 unspecified atom stereocenters. The molecule has 1 aromatic rings. The van der Waals surface area contributed by atoms with Gasteiger partial charge in [-0.2, -0.15) is 17.5 Å². The molecule has 2 N–H and O–H groups in total. The first-order valence-electron chi connectivity index (χ1n) is 7.72. The minimum absolute atomic E-state index is 0. The largest absolute Gasteiger partial charge is 0.416 e. The third-order valence-corrected chi connectivity index (χ3v) is 5.78. The van der Waals surface area contributed by atoms with E-state index in [9.17, 15) is 26.4 Å². The molecule has 1 saturated heterocycles. The van der Waals surface area contributed by atoms with Gasteiger partial charge < -0.3 is 10.6 Å². The van der Waals surface area contributed by atoms with Crippen molar-refractivity contribution in [1.29, 1.82) is 0 Å². The normalized spacial score (nSPS) is 17.5. The molecule has 1 atom stereocenters. The minimum Gasteiger partial charge on any atom is -0.340 e. The van der Waals surface area contributed by atoms with Crippen LogP contribution in [-0.4, -0.2) is 55.8 Å². The lowest BCUT2D eigenvalue weighted by Crippen LogP contribution is -2.51. The predicted molar refractivity (Wildman–Crippen MR) is 92.3 cm³/mol. The van der Waals surface area contributed by atoms with Crippen LogP contribution in [0.1, 0.15) is 18.9 Å². The van der Waals surface area contributed by atoms with Crippen LogP contribution in [0.4, 0.5) is 13.2 Å². The molecule has 0 aliphatic carbocycles. The van der Waals surface area contributed by atoms with E-state index in [0.717, 1.165) is 22.5 Å². The molecule has 2 rings (SSSR count). The Hall–Kier alpha value is -1.36. The number of benzene rings is 1. The van der Waals surface area contributed by atoms with Gasteiger partial charge in [-0.1, -0.05) is 6.07 Å². The monoisotopic (exact) mass is 415 g/mol. The number of nitrogens with zero attached hydrogens (tertiary/aromatic N) is 2. The van der Waals surface area contributed by atoms with E-state index in [1.165, 1.54) is 4.90 Å². The Bertz CT molecular complexity index is 733. The molecule has 0 radical (unpaired) electrons. The lowest BCUT2D eigenvalue weighted by Gasteiger charge is -2.34. The van der Waals surface area contributed by atoms with E-state index in [1.807, 2.05) is 0 Å². The van der Waals surface area contributed by atoms with Crippen LogP contribution in [0.2, 0.25) is 0 Å². The highest BCUT2D eigenvalue weighted by molar-refractivity contribution is 7.89. The maximum atomic E-state index is 12.8. The average molecular weight is 416 g/mol. The zero-order chi connectivity index (χ0) is 18.8. The summed E-state index contributed by atoms with van der Waals surface area (Å²) in [5, 5.41) is 0. The summed E-state index contributed by atoms with van der Waals surface area (Å²) in [5.74, 6) is -0.161. The molecule has 11 heteroatoms. The van der Waals surface area contributed by atoms with Crippen LogP contribution in [0, 0.1) is 0 Å². The average Bonchev–Trinajstić information content (AvgIpc) is 2.53. The Morgan fingerprint density at radius 2 is 1.81 bits per heavy atom. The third kappa shape index (κ3) is 5.32. The van der Waals surface area contributed by atoms with Gasteiger partial charge in [0.25, 0.3) is 0 Å². The SMILES string of the molecule is CC(N)CC(=O)N1CCN(S(=O)(=O)c2cccc(C(F)(F)F)c2)CC1.Cl. The van der Waals surface area contributed by atoms with E-state index >= 15 is 0 Å².